The van der Waals surface area contributed by atoms with Crippen LogP contribution in [0.5, 0.6) is 0 Å². The van der Waals surface area contributed by atoms with Crippen LogP contribution in [0.4, 0.5) is 4.39 Å². The van der Waals surface area contributed by atoms with Gasteiger partial charge in [0.05, 0.1) is 30.0 Å². The SMILES string of the molecule is CC1(C)OB(C(F)=Cc2cnn(CC3CCCO3)c2)OC1(C)C. The quantitative estimate of drug-likeness (QED) is 0.800. The summed E-state index contributed by atoms with van der Waals surface area (Å²) in [6, 6.07) is 0. The highest BCUT2D eigenvalue weighted by atomic mass is 19.1. The highest BCUT2D eigenvalue weighted by Crippen LogP contribution is 2.39. The second kappa shape index (κ2) is 6.04. The van der Waals surface area contributed by atoms with Gasteiger partial charge >= 0.3 is 7.12 Å². The second-order valence-electron chi connectivity index (χ2n) is 7.25. The van der Waals surface area contributed by atoms with Crippen LogP contribution in [-0.4, -0.2) is 40.8 Å². The molecular weight excluding hydrogens is 298 g/mol. The van der Waals surface area contributed by atoms with Crippen molar-refractivity contribution in [3.63, 3.8) is 0 Å². The highest BCUT2D eigenvalue weighted by Gasteiger charge is 2.53. The minimum Gasteiger partial charge on any atom is -0.398 e. The van der Waals surface area contributed by atoms with E-state index in [4.69, 9.17) is 14.0 Å². The number of rotatable bonds is 4. The van der Waals surface area contributed by atoms with Gasteiger partial charge in [-0.05, 0) is 46.6 Å². The predicted molar refractivity (Wildman–Crippen MR) is 86.4 cm³/mol. The minimum atomic E-state index is -0.971. The average molecular weight is 322 g/mol. The monoisotopic (exact) mass is 322 g/mol. The summed E-state index contributed by atoms with van der Waals surface area (Å²) >= 11 is 0. The lowest BCUT2D eigenvalue weighted by atomic mass is 9.87. The normalized spacial score (nSPS) is 26.9. The lowest BCUT2D eigenvalue weighted by Gasteiger charge is -2.32. The Morgan fingerprint density at radius 3 is 2.70 bits per heavy atom. The van der Waals surface area contributed by atoms with E-state index in [0.29, 0.717) is 12.1 Å². The zero-order chi connectivity index (χ0) is 16.7. The summed E-state index contributed by atoms with van der Waals surface area (Å²) in [5.41, 5.74) is -0.852. The zero-order valence-electron chi connectivity index (χ0n) is 14.2. The van der Waals surface area contributed by atoms with Crippen LogP contribution in [0.15, 0.2) is 18.1 Å². The summed E-state index contributed by atoms with van der Waals surface area (Å²) in [7, 11) is -0.971. The Morgan fingerprint density at radius 1 is 1.39 bits per heavy atom. The average Bonchev–Trinajstić information content (AvgIpc) is 3.13. The van der Waals surface area contributed by atoms with Crippen LogP contribution >= 0.6 is 0 Å². The standard InChI is InChI=1S/C16H24BFN2O3/c1-15(2)16(3,4)23-17(22-15)14(18)8-12-9-19-20(10-12)11-13-6-5-7-21-13/h8-10,13H,5-7,11H2,1-4H3. The van der Waals surface area contributed by atoms with E-state index in [2.05, 4.69) is 5.10 Å². The van der Waals surface area contributed by atoms with Crippen molar-refractivity contribution in [2.75, 3.05) is 6.61 Å². The Morgan fingerprint density at radius 2 is 2.09 bits per heavy atom. The number of hydrogen-bond donors (Lipinski definition) is 0. The number of aromatic nitrogens is 2. The van der Waals surface area contributed by atoms with Crippen molar-refractivity contribution < 1.29 is 18.4 Å². The largest absolute Gasteiger partial charge is 0.525 e. The first kappa shape index (κ1) is 16.7. The van der Waals surface area contributed by atoms with Crippen LogP contribution in [0.1, 0.15) is 46.1 Å². The molecule has 0 bridgehead atoms. The molecule has 2 aliphatic heterocycles. The van der Waals surface area contributed by atoms with Gasteiger partial charge in [-0.25, -0.2) is 4.39 Å². The predicted octanol–water partition coefficient (Wildman–Crippen LogP) is 3.00. The summed E-state index contributed by atoms with van der Waals surface area (Å²) in [5, 5.41) is 4.26. The lowest BCUT2D eigenvalue weighted by molar-refractivity contribution is 0.00578. The molecule has 2 saturated heterocycles. The maximum atomic E-state index is 14.4. The molecule has 1 unspecified atom stereocenters. The van der Waals surface area contributed by atoms with Gasteiger partial charge in [0.15, 0.2) is 0 Å². The summed E-state index contributed by atoms with van der Waals surface area (Å²) in [6.45, 7) is 9.13. The second-order valence-corrected chi connectivity index (χ2v) is 7.25. The fourth-order valence-corrected chi connectivity index (χ4v) is 2.73. The van der Waals surface area contributed by atoms with Gasteiger partial charge in [0.25, 0.3) is 0 Å². The lowest BCUT2D eigenvalue weighted by Crippen LogP contribution is -2.41. The Bertz CT molecular complexity index is 578. The maximum absolute atomic E-state index is 14.4. The molecule has 0 amide bonds. The van der Waals surface area contributed by atoms with Crippen LogP contribution in [-0.2, 0) is 20.6 Å². The van der Waals surface area contributed by atoms with Crippen molar-refractivity contribution in [1.29, 1.82) is 0 Å². The van der Waals surface area contributed by atoms with Crippen molar-refractivity contribution in [2.24, 2.45) is 0 Å². The molecule has 7 heteroatoms. The van der Waals surface area contributed by atoms with E-state index in [1.165, 1.54) is 6.08 Å². The van der Waals surface area contributed by atoms with E-state index in [1.807, 2.05) is 33.9 Å². The topological polar surface area (TPSA) is 45.5 Å². The van der Waals surface area contributed by atoms with Crippen molar-refractivity contribution >= 4 is 13.2 Å². The molecule has 0 spiro atoms. The first-order valence-electron chi connectivity index (χ1n) is 8.14. The van der Waals surface area contributed by atoms with Gasteiger partial charge in [0.1, 0.15) is 5.73 Å². The Kier molecular flexibility index (Phi) is 4.38. The van der Waals surface area contributed by atoms with Crippen molar-refractivity contribution in [3.05, 3.63) is 23.7 Å². The number of ether oxygens (including phenoxy) is 1. The molecule has 126 valence electrons. The molecule has 2 fully saturated rings. The molecule has 0 N–H and O–H groups in total. The van der Waals surface area contributed by atoms with E-state index < -0.39 is 24.0 Å². The molecular formula is C16H24BFN2O3. The van der Waals surface area contributed by atoms with Crippen LogP contribution in [0, 0.1) is 0 Å². The third-order valence-corrected chi connectivity index (χ3v) is 4.85. The number of nitrogens with zero attached hydrogens (tertiary/aromatic N) is 2. The van der Waals surface area contributed by atoms with Crippen molar-refractivity contribution in [2.45, 2.75) is 64.4 Å². The molecule has 23 heavy (non-hydrogen) atoms. The molecule has 0 aliphatic carbocycles. The molecule has 3 heterocycles. The van der Waals surface area contributed by atoms with Crippen molar-refractivity contribution in [3.8, 4) is 0 Å². The van der Waals surface area contributed by atoms with E-state index in [1.54, 1.807) is 10.9 Å². The van der Waals surface area contributed by atoms with E-state index >= 15 is 0 Å². The van der Waals surface area contributed by atoms with Crippen LogP contribution < -0.4 is 0 Å². The minimum absolute atomic E-state index is 0.208. The molecule has 1 atom stereocenters. The van der Waals surface area contributed by atoms with Gasteiger partial charge in [0, 0.05) is 18.4 Å². The molecule has 3 rings (SSSR count). The van der Waals surface area contributed by atoms with Gasteiger partial charge in [-0.2, -0.15) is 5.10 Å². The molecule has 5 nitrogen and oxygen atoms in total. The molecule has 1 aromatic heterocycles. The Balaban J connectivity index is 1.66. The molecule has 0 radical (unpaired) electrons. The highest BCUT2D eigenvalue weighted by molar-refractivity contribution is 6.54. The first-order chi connectivity index (χ1) is 10.8. The maximum Gasteiger partial charge on any atom is 0.525 e. The fraction of sp³-hybridized carbons (Fsp3) is 0.688. The van der Waals surface area contributed by atoms with Gasteiger partial charge < -0.3 is 14.0 Å². The summed E-state index contributed by atoms with van der Waals surface area (Å²) in [5.74, 6) is 0. The Hall–Kier alpha value is -1.18. The van der Waals surface area contributed by atoms with E-state index in [0.717, 1.165) is 19.4 Å². The molecule has 2 aliphatic rings. The van der Waals surface area contributed by atoms with Crippen LogP contribution in [0.3, 0.4) is 0 Å². The molecule has 0 saturated carbocycles. The first-order valence-corrected chi connectivity index (χ1v) is 8.14. The Labute approximate surface area is 136 Å². The third kappa shape index (κ3) is 3.51. The summed E-state index contributed by atoms with van der Waals surface area (Å²) < 4.78 is 33.2. The van der Waals surface area contributed by atoms with Gasteiger partial charge in [-0.15, -0.1) is 0 Å². The van der Waals surface area contributed by atoms with E-state index in [-0.39, 0.29) is 6.10 Å². The van der Waals surface area contributed by atoms with Crippen molar-refractivity contribution in [1.82, 2.24) is 9.78 Å². The van der Waals surface area contributed by atoms with Crippen LogP contribution in [0.2, 0.25) is 0 Å². The number of hydrogen-bond acceptors (Lipinski definition) is 4. The fourth-order valence-electron chi connectivity index (χ4n) is 2.73. The molecule has 0 aromatic carbocycles. The third-order valence-electron chi connectivity index (χ3n) is 4.85. The van der Waals surface area contributed by atoms with Gasteiger partial charge in [-0.3, -0.25) is 4.68 Å². The van der Waals surface area contributed by atoms with Gasteiger partial charge in [-0.1, -0.05) is 0 Å². The molecule has 1 aromatic rings. The van der Waals surface area contributed by atoms with Crippen LogP contribution in [0.25, 0.3) is 6.08 Å². The smallest absolute Gasteiger partial charge is 0.398 e. The zero-order valence-corrected chi connectivity index (χ0v) is 14.2. The summed E-state index contributed by atoms with van der Waals surface area (Å²) in [4.78, 5) is 0. The number of halogens is 1. The van der Waals surface area contributed by atoms with E-state index in [9.17, 15) is 4.39 Å². The van der Waals surface area contributed by atoms with Gasteiger partial charge in [0.2, 0.25) is 0 Å². The summed E-state index contributed by atoms with van der Waals surface area (Å²) in [6.07, 6.45) is 7.22.